The first kappa shape index (κ1) is 12.7. The minimum Gasteiger partial charge on any atom is -0.303 e. The van der Waals surface area contributed by atoms with E-state index in [4.69, 9.17) is 0 Å². The summed E-state index contributed by atoms with van der Waals surface area (Å²) < 4.78 is 50.0. The molecule has 0 aliphatic rings. The van der Waals surface area contributed by atoms with Gasteiger partial charge in [0.1, 0.15) is 12.1 Å². The highest BCUT2D eigenvalue weighted by atomic mass is 19.4. The molecule has 0 aliphatic carbocycles. The Kier molecular flexibility index (Phi) is 3.67. The van der Waals surface area contributed by atoms with Crippen LogP contribution in [0.1, 0.15) is 30.4 Å². The molecule has 0 aromatic heterocycles. The second kappa shape index (κ2) is 4.63. The molecule has 1 nitrogen and oxygen atoms in total. The van der Waals surface area contributed by atoms with Crippen LogP contribution in [0.5, 0.6) is 0 Å². The number of benzene rings is 1. The number of alkyl halides is 3. The van der Waals surface area contributed by atoms with Gasteiger partial charge in [0.2, 0.25) is 0 Å². The summed E-state index contributed by atoms with van der Waals surface area (Å²) in [5, 5.41) is 0. The highest BCUT2D eigenvalue weighted by Gasteiger charge is 2.34. The number of hydrogen-bond acceptors (Lipinski definition) is 1. The molecule has 0 fully saturated rings. The molecule has 1 unspecified atom stereocenters. The molecule has 5 heteroatoms. The SMILES string of the molecule is CC(CC=O)c1ccc(F)c(C(F)(F)F)c1. The zero-order valence-corrected chi connectivity index (χ0v) is 8.51. The first-order valence-corrected chi connectivity index (χ1v) is 4.66. The molecule has 0 N–H and O–H groups in total. The third kappa shape index (κ3) is 2.81. The van der Waals surface area contributed by atoms with Gasteiger partial charge < -0.3 is 4.79 Å². The summed E-state index contributed by atoms with van der Waals surface area (Å²) in [7, 11) is 0. The molecule has 0 saturated heterocycles. The van der Waals surface area contributed by atoms with Crippen LogP contribution < -0.4 is 0 Å². The predicted octanol–water partition coefficient (Wildman–Crippen LogP) is 3.54. The fourth-order valence-electron chi connectivity index (χ4n) is 1.35. The van der Waals surface area contributed by atoms with Crippen molar-refractivity contribution in [3.63, 3.8) is 0 Å². The van der Waals surface area contributed by atoms with Crippen molar-refractivity contribution in [1.82, 2.24) is 0 Å². The monoisotopic (exact) mass is 234 g/mol. The van der Waals surface area contributed by atoms with Gasteiger partial charge in [-0.25, -0.2) is 4.39 Å². The normalized spacial score (nSPS) is 13.6. The van der Waals surface area contributed by atoms with Gasteiger partial charge in [-0.2, -0.15) is 13.2 Å². The Morgan fingerprint density at radius 2 is 2.00 bits per heavy atom. The molecule has 1 rings (SSSR count). The van der Waals surface area contributed by atoms with Crippen LogP contribution in [-0.2, 0) is 11.0 Å². The van der Waals surface area contributed by atoms with Gasteiger partial charge in [-0.15, -0.1) is 0 Å². The molecule has 1 atom stereocenters. The van der Waals surface area contributed by atoms with Crippen LogP contribution in [-0.4, -0.2) is 6.29 Å². The predicted molar refractivity (Wildman–Crippen MR) is 50.5 cm³/mol. The molecule has 0 amide bonds. The van der Waals surface area contributed by atoms with Crippen molar-refractivity contribution in [2.24, 2.45) is 0 Å². The van der Waals surface area contributed by atoms with Crippen LogP contribution in [0.25, 0.3) is 0 Å². The fraction of sp³-hybridized carbons (Fsp3) is 0.364. The third-order valence-corrected chi connectivity index (χ3v) is 2.31. The molecule has 88 valence electrons. The first-order chi connectivity index (χ1) is 7.36. The summed E-state index contributed by atoms with van der Waals surface area (Å²) in [5.41, 5.74) is -0.983. The maximum absolute atomic E-state index is 12.9. The van der Waals surface area contributed by atoms with E-state index in [0.29, 0.717) is 11.8 Å². The quantitative estimate of drug-likeness (QED) is 0.577. The summed E-state index contributed by atoms with van der Waals surface area (Å²) in [4.78, 5) is 10.2. The lowest BCUT2D eigenvalue weighted by Gasteiger charge is -2.13. The molecule has 0 spiro atoms. The zero-order chi connectivity index (χ0) is 12.3. The summed E-state index contributed by atoms with van der Waals surface area (Å²) >= 11 is 0. The van der Waals surface area contributed by atoms with Gasteiger partial charge in [-0.1, -0.05) is 13.0 Å². The smallest absolute Gasteiger partial charge is 0.303 e. The highest BCUT2D eigenvalue weighted by Crippen LogP contribution is 2.33. The van der Waals surface area contributed by atoms with E-state index in [1.807, 2.05) is 0 Å². The van der Waals surface area contributed by atoms with Crippen molar-refractivity contribution in [3.8, 4) is 0 Å². The Bertz CT molecular complexity index is 384. The van der Waals surface area contributed by atoms with Crippen molar-refractivity contribution in [1.29, 1.82) is 0 Å². The van der Waals surface area contributed by atoms with Crippen molar-refractivity contribution in [3.05, 3.63) is 35.1 Å². The second-order valence-corrected chi connectivity index (χ2v) is 3.54. The Morgan fingerprint density at radius 1 is 1.38 bits per heavy atom. The maximum Gasteiger partial charge on any atom is 0.419 e. The van der Waals surface area contributed by atoms with Crippen LogP contribution in [0.3, 0.4) is 0 Å². The Morgan fingerprint density at radius 3 is 2.50 bits per heavy atom. The molecule has 0 heterocycles. The minimum atomic E-state index is -4.71. The Hall–Kier alpha value is -1.39. The van der Waals surface area contributed by atoms with Gasteiger partial charge in [0.05, 0.1) is 5.56 Å². The maximum atomic E-state index is 12.9. The molecule has 0 bridgehead atoms. The second-order valence-electron chi connectivity index (χ2n) is 3.54. The van der Waals surface area contributed by atoms with E-state index in [1.165, 1.54) is 6.07 Å². The number of aldehydes is 1. The van der Waals surface area contributed by atoms with Crippen LogP contribution in [0, 0.1) is 5.82 Å². The summed E-state index contributed by atoms with van der Waals surface area (Å²) in [5.74, 6) is -1.64. The lowest BCUT2D eigenvalue weighted by molar-refractivity contribution is -0.140. The van der Waals surface area contributed by atoms with Gasteiger partial charge in [-0.05, 0) is 23.6 Å². The van der Waals surface area contributed by atoms with E-state index in [1.54, 1.807) is 6.92 Å². The molecule has 1 aromatic carbocycles. The summed E-state index contributed by atoms with van der Waals surface area (Å²) in [6.07, 6.45) is -3.97. The van der Waals surface area contributed by atoms with Gasteiger partial charge >= 0.3 is 6.18 Å². The van der Waals surface area contributed by atoms with Crippen LogP contribution in [0.15, 0.2) is 18.2 Å². The van der Waals surface area contributed by atoms with Crippen LogP contribution in [0.2, 0.25) is 0 Å². The average Bonchev–Trinajstić information content (AvgIpc) is 2.16. The van der Waals surface area contributed by atoms with E-state index in [0.717, 1.165) is 12.1 Å². The van der Waals surface area contributed by atoms with E-state index >= 15 is 0 Å². The van der Waals surface area contributed by atoms with Crippen molar-refractivity contribution in [2.45, 2.75) is 25.4 Å². The van der Waals surface area contributed by atoms with E-state index in [9.17, 15) is 22.4 Å². The number of hydrogen-bond donors (Lipinski definition) is 0. The van der Waals surface area contributed by atoms with E-state index in [2.05, 4.69) is 0 Å². The summed E-state index contributed by atoms with van der Waals surface area (Å²) in [6.45, 7) is 1.61. The van der Waals surface area contributed by atoms with Gasteiger partial charge in [0.25, 0.3) is 0 Å². The van der Waals surface area contributed by atoms with Gasteiger partial charge in [0.15, 0.2) is 0 Å². The van der Waals surface area contributed by atoms with Crippen molar-refractivity contribution < 1.29 is 22.4 Å². The van der Waals surface area contributed by atoms with Crippen LogP contribution >= 0.6 is 0 Å². The average molecular weight is 234 g/mol. The molecule has 1 aromatic rings. The Labute approximate surface area is 90.1 Å². The lowest BCUT2D eigenvalue weighted by Crippen LogP contribution is -2.09. The topological polar surface area (TPSA) is 17.1 Å². The molecular formula is C11H10F4O. The van der Waals surface area contributed by atoms with Gasteiger partial charge in [-0.3, -0.25) is 0 Å². The van der Waals surface area contributed by atoms with Gasteiger partial charge in [0, 0.05) is 6.42 Å². The third-order valence-electron chi connectivity index (χ3n) is 2.31. The molecule has 0 saturated carbocycles. The molecule has 16 heavy (non-hydrogen) atoms. The van der Waals surface area contributed by atoms with Crippen molar-refractivity contribution in [2.75, 3.05) is 0 Å². The minimum absolute atomic E-state index is 0.114. The zero-order valence-electron chi connectivity index (χ0n) is 8.51. The van der Waals surface area contributed by atoms with E-state index < -0.39 is 17.6 Å². The highest BCUT2D eigenvalue weighted by molar-refractivity contribution is 5.51. The fourth-order valence-corrected chi connectivity index (χ4v) is 1.35. The standard InChI is InChI=1S/C11H10F4O/c1-7(4-5-16)8-2-3-10(12)9(6-8)11(13,14)15/h2-3,5-7H,4H2,1H3. The molecule has 0 radical (unpaired) electrons. The molecular weight excluding hydrogens is 224 g/mol. The number of halogens is 4. The van der Waals surface area contributed by atoms with E-state index in [-0.39, 0.29) is 12.3 Å². The summed E-state index contributed by atoms with van der Waals surface area (Å²) in [6, 6.07) is 2.79. The largest absolute Gasteiger partial charge is 0.419 e. The number of rotatable bonds is 3. The first-order valence-electron chi connectivity index (χ1n) is 4.66. The molecule has 0 aliphatic heterocycles. The number of carbonyl (C=O) groups is 1. The number of carbonyl (C=O) groups excluding carboxylic acids is 1. The Balaban J connectivity index is 3.12. The van der Waals surface area contributed by atoms with Crippen molar-refractivity contribution >= 4 is 6.29 Å². The van der Waals surface area contributed by atoms with Crippen LogP contribution in [0.4, 0.5) is 17.6 Å². The lowest BCUT2D eigenvalue weighted by atomic mass is 9.96.